The molecule has 0 spiro atoms. The molecule has 0 aliphatic carbocycles. The van der Waals surface area contributed by atoms with E-state index in [0.29, 0.717) is 10.7 Å². The number of carbonyl (C=O) groups is 1. The van der Waals surface area contributed by atoms with Crippen LogP contribution in [-0.2, 0) is 15.3 Å². The fraction of sp³-hybridized carbons (Fsp3) is 0.636. The Morgan fingerprint density at radius 2 is 1.89 bits per heavy atom. The first-order valence-electron chi connectivity index (χ1n) is 5.38. The third-order valence-corrected chi connectivity index (χ3v) is 5.42. The van der Waals surface area contributed by atoms with Crippen molar-refractivity contribution in [3.63, 3.8) is 0 Å². The van der Waals surface area contributed by atoms with Gasteiger partial charge in [0.2, 0.25) is 0 Å². The third kappa shape index (κ3) is 3.08. The Morgan fingerprint density at radius 3 is 2.17 bits per heavy atom. The molecule has 0 saturated carbocycles. The van der Waals surface area contributed by atoms with E-state index in [0.717, 1.165) is 17.6 Å². The van der Waals surface area contributed by atoms with Crippen molar-refractivity contribution < 1.29 is 18.3 Å². The minimum Gasteiger partial charge on any atom is -0.477 e. The summed E-state index contributed by atoms with van der Waals surface area (Å²) in [7, 11) is -3.28. The van der Waals surface area contributed by atoms with E-state index in [1.165, 1.54) is 6.92 Å². The molecular formula is C11H17NO4S2. The van der Waals surface area contributed by atoms with Crippen LogP contribution in [0.25, 0.3) is 0 Å². The molecule has 1 atom stereocenters. The molecule has 18 heavy (non-hydrogen) atoms. The van der Waals surface area contributed by atoms with Crippen LogP contribution in [0.3, 0.4) is 0 Å². The first kappa shape index (κ1) is 15.1. The van der Waals surface area contributed by atoms with Gasteiger partial charge in [-0.05, 0) is 6.92 Å². The summed E-state index contributed by atoms with van der Waals surface area (Å²) in [5.74, 6) is -1.07. The fourth-order valence-electron chi connectivity index (χ4n) is 1.35. The highest BCUT2D eigenvalue weighted by molar-refractivity contribution is 7.91. The Labute approximate surface area is 111 Å². The van der Waals surface area contributed by atoms with Gasteiger partial charge in [-0.25, -0.2) is 18.2 Å². The Kier molecular flexibility index (Phi) is 3.88. The van der Waals surface area contributed by atoms with Crippen molar-refractivity contribution in [3.8, 4) is 0 Å². The lowest BCUT2D eigenvalue weighted by molar-refractivity contribution is 0.0699. The van der Waals surface area contributed by atoms with E-state index < -0.39 is 26.5 Å². The zero-order valence-electron chi connectivity index (χ0n) is 11.0. The Hall–Kier alpha value is -0.950. The maximum Gasteiger partial charge on any atom is 0.347 e. The largest absolute Gasteiger partial charge is 0.477 e. The summed E-state index contributed by atoms with van der Waals surface area (Å²) in [6, 6.07) is 0. The molecular weight excluding hydrogens is 274 g/mol. The number of hydrogen-bond acceptors (Lipinski definition) is 5. The zero-order valence-corrected chi connectivity index (χ0v) is 12.6. The van der Waals surface area contributed by atoms with Crippen molar-refractivity contribution in [1.29, 1.82) is 0 Å². The van der Waals surface area contributed by atoms with Gasteiger partial charge in [0.1, 0.15) is 15.1 Å². The van der Waals surface area contributed by atoms with Crippen molar-refractivity contribution in [2.24, 2.45) is 0 Å². The van der Waals surface area contributed by atoms with Crippen LogP contribution in [0.2, 0.25) is 0 Å². The van der Waals surface area contributed by atoms with E-state index in [-0.39, 0.29) is 4.88 Å². The van der Waals surface area contributed by atoms with Gasteiger partial charge >= 0.3 is 5.97 Å². The van der Waals surface area contributed by atoms with E-state index in [2.05, 4.69) is 4.98 Å². The second kappa shape index (κ2) is 4.62. The number of rotatable bonds is 3. The normalized spacial score (nSPS) is 14.5. The van der Waals surface area contributed by atoms with E-state index in [1.54, 1.807) is 0 Å². The summed E-state index contributed by atoms with van der Waals surface area (Å²) < 4.78 is 23.0. The first-order chi connectivity index (χ1) is 7.94. The average Bonchev–Trinajstić information content (AvgIpc) is 2.58. The molecule has 1 heterocycles. The van der Waals surface area contributed by atoms with E-state index in [9.17, 15) is 13.2 Å². The Bertz CT molecular complexity index is 566. The van der Waals surface area contributed by atoms with Gasteiger partial charge in [-0.3, -0.25) is 0 Å². The second-order valence-corrected chi connectivity index (χ2v) is 8.65. The minimum absolute atomic E-state index is 0.119. The molecule has 0 radical (unpaired) electrons. The summed E-state index contributed by atoms with van der Waals surface area (Å²) in [6.07, 6.45) is 1.12. The number of aromatic nitrogens is 1. The van der Waals surface area contributed by atoms with E-state index >= 15 is 0 Å². The van der Waals surface area contributed by atoms with Crippen molar-refractivity contribution in [2.45, 2.75) is 38.4 Å². The van der Waals surface area contributed by atoms with Gasteiger partial charge in [0.25, 0.3) is 0 Å². The number of sulfone groups is 1. The molecule has 0 aliphatic rings. The van der Waals surface area contributed by atoms with Crippen LogP contribution in [-0.4, -0.2) is 30.7 Å². The fourth-order valence-corrected chi connectivity index (χ4v) is 3.48. The van der Waals surface area contributed by atoms with Gasteiger partial charge in [0.05, 0.1) is 5.69 Å². The quantitative estimate of drug-likeness (QED) is 0.923. The molecule has 5 nitrogen and oxygen atoms in total. The Morgan fingerprint density at radius 1 is 1.39 bits per heavy atom. The predicted octanol–water partition coefficient (Wildman–Crippen LogP) is 2.24. The van der Waals surface area contributed by atoms with Crippen molar-refractivity contribution in [3.05, 3.63) is 15.6 Å². The predicted molar refractivity (Wildman–Crippen MR) is 71.0 cm³/mol. The third-order valence-electron chi connectivity index (χ3n) is 2.54. The molecule has 0 saturated heterocycles. The average molecular weight is 291 g/mol. The highest BCUT2D eigenvalue weighted by atomic mass is 32.2. The van der Waals surface area contributed by atoms with Gasteiger partial charge in [-0.2, -0.15) is 0 Å². The van der Waals surface area contributed by atoms with Gasteiger partial charge in [0.15, 0.2) is 9.84 Å². The molecule has 0 fully saturated rings. The molecule has 0 bridgehead atoms. The van der Waals surface area contributed by atoms with Crippen LogP contribution in [0.4, 0.5) is 0 Å². The zero-order chi connectivity index (χ0) is 14.3. The molecule has 1 rings (SSSR count). The van der Waals surface area contributed by atoms with Crippen LogP contribution in [0.15, 0.2) is 0 Å². The second-order valence-electron chi connectivity index (χ2n) is 5.26. The van der Waals surface area contributed by atoms with E-state index in [4.69, 9.17) is 5.11 Å². The number of carboxylic acids is 1. The van der Waals surface area contributed by atoms with Crippen molar-refractivity contribution in [1.82, 2.24) is 4.98 Å². The molecule has 0 amide bonds. The van der Waals surface area contributed by atoms with Crippen LogP contribution in [0, 0.1) is 0 Å². The SMILES string of the molecule is CC(c1nc(C(C)(C)C)c(C(=O)O)s1)S(C)(=O)=O. The van der Waals surface area contributed by atoms with Crippen LogP contribution < -0.4 is 0 Å². The van der Waals surface area contributed by atoms with Crippen LogP contribution >= 0.6 is 11.3 Å². The smallest absolute Gasteiger partial charge is 0.347 e. The summed E-state index contributed by atoms with van der Waals surface area (Å²) in [5.41, 5.74) is 0.00479. The maximum absolute atomic E-state index is 11.5. The van der Waals surface area contributed by atoms with Gasteiger partial charge in [0, 0.05) is 11.7 Å². The van der Waals surface area contributed by atoms with Crippen LogP contribution in [0.5, 0.6) is 0 Å². The van der Waals surface area contributed by atoms with Gasteiger partial charge < -0.3 is 5.11 Å². The highest BCUT2D eigenvalue weighted by Crippen LogP contribution is 2.34. The lowest BCUT2D eigenvalue weighted by Gasteiger charge is -2.16. The van der Waals surface area contributed by atoms with Crippen molar-refractivity contribution >= 4 is 27.1 Å². The molecule has 0 aromatic carbocycles. The minimum atomic E-state index is -3.28. The highest BCUT2D eigenvalue weighted by Gasteiger charge is 2.30. The van der Waals surface area contributed by atoms with Crippen molar-refractivity contribution in [2.75, 3.05) is 6.26 Å². The number of hydrogen-bond donors (Lipinski definition) is 1. The molecule has 1 aromatic heterocycles. The van der Waals surface area contributed by atoms with Crippen LogP contribution in [0.1, 0.15) is 53.3 Å². The number of carboxylic acid groups (broad SMARTS) is 1. The summed E-state index contributed by atoms with van der Waals surface area (Å²) >= 11 is 0.940. The number of thiazole rings is 1. The molecule has 1 unspecified atom stereocenters. The topological polar surface area (TPSA) is 84.3 Å². The molecule has 0 aliphatic heterocycles. The lowest BCUT2D eigenvalue weighted by Crippen LogP contribution is -2.16. The van der Waals surface area contributed by atoms with E-state index in [1.807, 2.05) is 20.8 Å². The molecule has 7 heteroatoms. The molecule has 1 N–H and O–H groups in total. The first-order valence-corrected chi connectivity index (χ1v) is 8.15. The summed E-state index contributed by atoms with van der Waals surface area (Å²) in [5, 5.41) is 8.70. The Balaban J connectivity index is 3.41. The van der Waals surface area contributed by atoms with Gasteiger partial charge in [-0.15, -0.1) is 11.3 Å². The summed E-state index contributed by atoms with van der Waals surface area (Å²) in [6.45, 7) is 7.07. The standard InChI is InChI=1S/C11H17NO4S2/c1-6(18(5,15)16)9-12-8(11(2,3)4)7(17-9)10(13)14/h6H,1-5H3,(H,13,14). The molecule has 102 valence electrons. The lowest BCUT2D eigenvalue weighted by atomic mass is 9.91. The molecule has 1 aromatic rings. The van der Waals surface area contributed by atoms with Gasteiger partial charge in [-0.1, -0.05) is 20.8 Å². The maximum atomic E-state index is 11.5. The summed E-state index contributed by atoms with van der Waals surface area (Å²) in [4.78, 5) is 15.5. The monoisotopic (exact) mass is 291 g/mol. The number of aromatic carboxylic acids is 1. The number of nitrogens with zero attached hydrogens (tertiary/aromatic N) is 1.